The van der Waals surface area contributed by atoms with E-state index in [1.54, 1.807) is 11.1 Å². The molecule has 4 nitrogen and oxygen atoms in total. The molecule has 0 aromatic rings. The molecule has 8 atom stereocenters. The van der Waals surface area contributed by atoms with Gasteiger partial charge in [0.25, 0.3) is 0 Å². The minimum atomic E-state index is -0.838. The van der Waals surface area contributed by atoms with E-state index in [9.17, 15) is 19.8 Å². The average Bonchev–Trinajstić information content (AvgIpc) is 2.96. The van der Waals surface area contributed by atoms with Crippen LogP contribution in [0.25, 0.3) is 0 Å². The van der Waals surface area contributed by atoms with Crippen LogP contribution in [0.2, 0.25) is 0 Å². The van der Waals surface area contributed by atoms with Gasteiger partial charge in [0.15, 0.2) is 0 Å². The van der Waals surface area contributed by atoms with Crippen molar-refractivity contribution in [3.05, 3.63) is 46.6 Å². The first-order valence-electron chi connectivity index (χ1n) is 17.8. The van der Waals surface area contributed by atoms with E-state index >= 15 is 0 Å². The maximum absolute atomic E-state index is 11.8. The number of carboxylic acids is 2. The molecule has 0 amide bonds. The van der Waals surface area contributed by atoms with E-state index in [2.05, 4.69) is 65.8 Å². The zero-order valence-electron chi connectivity index (χ0n) is 32.3. The van der Waals surface area contributed by atoms with Crippen LogP contribution in [0, 0.1) is 57.2 Å². The number of carboxylic acid groups (broad SMARTS) is 2. The third kappa shape index (κ3) is 6.90. The summed E-state index contributed by atoms with van der Waals surface area (Å²) in [6.07, 6.45) is 21.9. The summed E-state index contributed by atoms with van der Waals surface area (Å²) in [5.74, 6) is 1.08. The normalized spacial score (nSPS) is 39.5. The van der Waals surface area contributed by atoms with E-state index in [0.717, 1.165) is 51.4 Å². The Morgan fingerprint density at radius 2 is 1.04 bits per heavy atom. The van der Waals surface area contributed by atoms with Gasteiger partial charge in [-0.3, -0.25) is 0 Å². The quantitative estimate of drug-likeness (QED) is 0.282. The van der Waals surface area contributed by atoms with Gasteiger partial charge in [0.05, 0.1) is 0 Å². The van der Waals surface area contributed by atoms with Crippen LogP contribution < -0.4 is 10.2 Å². The minimum Gasteiger partial charge on any atom is -1.00 e. The van der Waals surface area contributed by atoms with Crippen molar-refractivity contribution >= 4 is 49.7 Å². The van der Waals surface area contributed by atoms with Gasteiger partial charge in [-0.15, -0.1) is 0 Å². The Morgan fingerprint density at radius 1 is 0.696 bits per heavy atom. The minimum absolute atomic E-state index is 0. The van der Waals surface area contributed by atoms with E-state index < -0.39 is 22.8 Å². The average molecular weight is 710 g/mol. The van der Waals surface area contributed by atoms with Gasteiger partial charge >= 0.3 is 57.2 Å². The van der Waals surface area contributed by atoms with Crippen molar-refractivity contribution in [3.63, 3.8) is 0 Å². The van der Waals surface area contributed by atoms with Crippen LogP contribution in [0.3, 0.4) is 0 Å². The predicted octanol–water partition coefficient (Wildman–Crippen LogP) is 7.58. The smallest absolute Gasteiger partial charge is 1.00 e. The molecule has 0 N–H and O–H groups in total. The van der Waals surface area contributed by atoms with Gasteiger partial charge in [-0.05, 0) is 122 Å². The summed E-state index contributed by atoms with van der Waals surface area (Å²) >= 11 is 0. The molecule has 6 aliphatic rings. The van der Waals surface area contributed by atoms with Crippen LogP contribution in [-0.2, 0) is 29.1 Å². The van der Waals surface area contributed by atoms with Crippen LogP contribution >= 0.6 is 0 Å². The molecule has 0 spiro atoms. The number of fused-ring (bicyclic) bond motifs is 6. The third-order valence-electron chi connectivity index (χ3n) is 14.1. The van der Waals surface area contributed by atoms with E-state index in [1.165, 1.54) is 36.8 Å². The standard InChI is InChI=1S/2C20H30O2.Ca.Zn.2H/c2*1-13(2)14-6-8-16-15(12-14)7-9-17-19(16,3)10-5-11-20(17,4)18(21)22;;;;/h2*7,12-13,16-17H,5-6,8-11H2,1-4H3,(H,21,22);;;;/q;;2*+2;2*-1/p-2/t2*16-,17?,19+,20+;;;;/m00..../s1. The Morgan fingerprint density at radius 3 is 1.35 bits per heavy atom. The molecular weight excluding hydrogens is 650 g/mol. The fourth-order valence-electron chi connectivity index (χ4n) is 11.2. The molecule has 2 saturated carbocycles. The number of aliphatic carboxylic acids is 2. The van der Waals surface area contributed by atoms with Crippen molar-refractivity contribution in [1.29, 1.82) is 0 Å². The van der Waals surface area contributed by atoms with Crippen molar-refractivity contribution in [2.45, 2.75) is 132 Å². The van der Waals surface area contributed by atoms with Crippen molar-refractivity contribution < 1.29 is 42.1 Å². The monoisotopic (exact) mass is 708 g/mol. The first-order valence-corrected chi connectivity index (χ1v) is 17.8. The Hall–Kier alpha value is -0.217. The van der Waals surface area contributed by atoms with Crippen LogP contribution in [0.4, 0.5) is 0 Å². The molecule has 2 fully saturated rings. The first-order chi connectivity index (χ1) is 20.6. The van der Waals surface area contributed by atoms with E-state index in [-0.39, 0.29) is 82.7 Å². The Kier molecular flexibility index (Phi) is 13.1. The summed E-state index contributed by atoms with van der Waals surface area (Å²) in [5, 5.41) is 23.7. The molecule has 2 unspecified atom stereocenters. The van der Waals surface area contributed by atoms with Crippen molar-refractivity contribution in [3.8, 4) is 0 Å². The number of carbonyl (C=O) groups excluding carboxylic acids is 2. The fourth-order valence-corrected chi connectivity index (χ4v) is 11.2. The molecule has 6 rings (SSSR count). The van der Waals surface area contributed by atoms with Gasteiger partial charge in [0.2, 0.25) is 0 Å². The number of hydrogen-bond acceptors (Lipinski definition) is 4. The summed E-state index contributed by atoms with van der Waals surface area (Å²) in [4.78, 5) is 23.7. The first kappa shape index (κ1) is 40.2. The molecule has 0 aromatic carbocycles. The summed E-state index contributed by atoms with van der Waals surface area (Å²) in [6, 6.07) is 0. The molecule has 248 valence electrons. The van der Waals surface area contributed by atoms with E-state index in [1.807, 2.05) is 13.8 Å². The van der Waals surface area contributed by atoms with Crippen LogP contribution in [0.5, 0.6) is 0 Å². The number of hydrogen-bond donors (Lipinski definition) is 0. The van der Waals surface area contributed by atoms with Crippen molar-refractivity contribution in [2.75, 3.05) is 0 Å². The summed E-state index contributed by atoms with van der Waals surface area (Å²) in [7, 11) is 0. The second-order valence-corrected chi connectivity index (χ2v) is 17.0. The summed E-state index contributed by atoms with van der Waals surface area (Å²) in [5.41, 5.74) is 5.01. The topological polar surface area (TPSA) is 80.3 Å². The summed E-state index contributed by atoms with van der Waals surface area (Å²) < 4.78 is 0. The van der Waals surface area contributed by atoms with E-state index in [0.29, 0.717) is 23.7 Å². The van der Waals surface area contributed by atoms with Gasteiger partial charge < -0.3 is 22.7 Å². The van der Waals surface area contributed by atoms with Gasteiger partial charge in [-0.25, -0.2) is 0 Å². The molecule has 0 heterocycles. The van der Waals surface area contributed by atoms with Crippen LogP contribution in [0.15, 0.2) is 46.6 Å². The van der Waals surface area contributed by atoms with Crippen LogP contribution in [-0.4, -0.2) is 49.7 Å². The number of carbonyl (C=O) groups is 2. The van der Waals surface area contributed by atoms with Crippen molar-refractivity contribution in [1.82, 2.24) is 0 Å². The van der Waals surface area contributed by atoms with Crippen LogP contribution in [0.1, 0.15) is 135 Å². The molecule has 0 radical (unpaired) electrons. The Bertz CT molecular complexity index is 1210. The maximum atomic E-state index is 11.8. The Labute approximate surface area is 325 Å². The number of allylic oxidation sites excluding steroid dienone is 8. The molecule has 6 aliphatic carbocycles. The molecular formula is C40H60CaO4Zn. The Balaban J connectivity index is 0.000000443. The van der Waals surface area contributed by atoms with Gasteiger partial charge in [-0.1, -0.05) is 104 Å². The van der Waals surface area contributed by atoms with Gasteiger partial charge in [-0.2, -0.15) is 0 Å². The predicted molar refractivity (Wildman–Crippen MR) is 182 cm³/mol. The zero-order chi connectivity index (χ0) is 32.2. The second kappa shape index (κ2) is 14.9. The molecule has 6 heteroatoms. The third-order valence-corrected chi connectivity index (χ3v) is 14.1. The zero-order valence-corrected chi connectivity index (χ0v) is 35.5. The van der Waals surface area contributed by atoms with Gasteiger partial charge in [0, 0.05) is 22.8 Å². The summed E-state index contributed by atoms with van der Waals surface area (Å²) in [6.45, 7) is 17.7. The largest absolute Gasteiger partial charge is 2.00 e. The van der Waals surface area contributed by atoms with Crippen molar-refractivity contribution in [2.24, 2.45) is 57.2 Å². The number of rotatable bonds is 4. The van der Waals surface area contributed by atoms with E-state index in [4.69, 9.17) is 0 Å². The molecule has 0 saturated heterocycles. The molecule has 0 bridgehead atoms. The SMILES string of the molecule is CC(C)C1=CC2=CCC3[C@](C)(C(=O)[O-])CCC[C@]3(C)[C@H]2CC1.CC(C)C1=CC2=CCC3[C@](C)(C(=O)[O-])CCC[C@]3(C)[C@H]2CC1.[Ca+2].[H-].[H-].[Zn+2]. The molecule has 0 aromatic heterocycles. The molecule has 46 heavy (non-hydrogen) atoms. The second-order valence-electron chi connectivity index (χ2n) is 17.0. The molecule has 0 aliphatic heterocycles. The fraction of sp³-hybridized carbons (Fsp3) is 0.750. The maximum Gasteiger partial charge on any atom is 2.00 e. The van der Waals surface area contributed by atoms with Gasteiger partial charge in [0.1, 0.15) is 0 Å².